The predicted octanol–water partition coefficient (Wildman–Crippen LogP) is 2.72. The molecule has 4 heteroatoms. The van der Waals surface area contributed by atoms with Crippen molar-refractivity contribution in [2.75, 3.05) is 24.3 Å². The zero-order valence-corrected chi connectivity index (χ0v) is 11.4. The summed E-state index contributed by atoms with van der Waals surface area (Å²) in [6.45, 7) is 2.72. The molecule has 1 aliphatic carbocycles. The minimum atomic E-state index is -0.128. The quantitative estimate of drug-likeness (QED) is 0.612. The lowest BCUT2D eigenvalue weighted by Crippen LogP contribution is -2.20. The zero-order chi connectivity index (χ0) is 13.7. The Kier molecular flexibility index (Phi) is 4.80. The number of nitrogens with one attached hydrogen (secondary N) is 1. The van der Waals surface area contributed by atoms with Crippen molar-refractivity contribution in [3.8, 4) is 0 Å². The van der Waals surface area contributed by atoms with Gasteiger partial charge in [0.15, 0.2) is 0 Å². The molecule has 1 amide bonds. The van der Waals surface area contributed by atoms with Crippen molar-refractivity contribution in [3.05, 3.63) is 23.8 Å². The Balaban J connectivity index is 1.66. The number of aryl methyl sites for hydroxylation is 1. The largest absolute Gasteiger partial charge is 0.398 e. The number of hydrogen-bond donors (Lipinski definition) is 2. The fraction of sp³-hybridized carbons (Fsp3) is 0.533. The van der Waals surface area contributed by atoms with Crippen LogP contribution in [0.15, 0.2) is 18.2 Å². The number of anilines is 2. The predicted molar refractivity (Wildman–Crippen MR) is 77.0 cm³/mol. The van der Waals surface area contributed by atoms with Crippen molar-refractivity contribution in [3.63, 3.8) is 0 Å². The minimum Gasteiger partial charge on any atom is -0.398 e. The standard InChI is InChI=1S/C15H22N2O2/c1-11-5-6-13(9-14(11)16)17-15(18)10-19-8-7-12-3-2-4-12/h5-6,9,12H,2-4,7-8,10,16H2,1H3,(H,17,18). The minimum absolute atomic E-state index is 0.112. The van der Waals surface area contributed by atoms with Gasteiger partial charge in [0.1, 0.15) is 6.61 Å². The average Bonchev–Trinajstić information content (AvgIpc) is 2.31. The third kappa shape index (κ3) is 4.24. The first-order valence-corrected chi connectivity index (χ1v) is 6.89. The molecule has 3 N–H and O–H groups in total. The SMILES string of the molecule is Cc1ccc(NC(=O)COCCC2CCC2)cc1N. The van der Waals surface area contributed by atoms with Crippen LogP contribution in [0.2, 0.25) is 0 Å². The van der Waals surface area contributed by atoms with Crippen LogP contribution < -0.4 is 11.1 Å². The number of amides is 1. The third-order valence-electron chi connectivity index (χ3n) is 3.69. The Morgan fingerprint density at radius 3 is 2.89 bits per heavy atom. The van der Waals surface area contributed by atoms with Crippen LogP contribution in [0, 0.1) is 12.8 Å². The molecule has 0 heterocycles. The van der Waals surface area contributed by atoms with E-state index in [4.69, 9.17) is 10.5 Å². The molecule has 0 spiro atoms. The number of benzene rings is 1. The van der Waals surface area contributed by atoms with Crippen molar-refractivity contribution in [2.24, 2.45) is 5.92 Å². The van der Waals surface area contributed by atoms with Gasteiger partial charge in [0.25, 0.3) is 0 Å². The Labute approximate surface area is 114 Å². The molecule has 0 unspecified atom stereocenters. The van der Waals surface area contributed by atoms with Crippen molar-refractivity contribution < 1.29 is 9.53 Å². The Morgan fingerprint density at radius 1 is 1.47 bits per heavy atom. The van der Waals surface area contributed by atoms with Gasteiger partial charge in [-0.1, -0.05) is 25.3 Å². The molecule has 1 fully saturated rings. The molecule has 104 valence electrons. The maximum Gasteiger partial charge on any atom is 0.250 e. The maximum atomic E-state index is 11.7. The van der Waals surface area contributed by atoms with Gasteiger partial charge in [0.2, 0.25) is 5.91 Å². The van der Waals surface area contributed by atoms with Crippen LogP contribution >= 0.6 is 0 Å². The van der Waals surface area contributed by atoms with Gasteiger partial charge in [-0.05, 0) is 37.0 Å². The summed E-state index contributed by atoms with van der Waals surface area (Å²) in [5, 5.41) is 2.78. The van der Waals surface area contributed by atoms with Crippen LogP contribution in [0.5, 0.6) is 0 Å². The van der Waals surface area contributed by atoms with Gasteiger partial charge in [-0.2, -0.15) is 0 Å². The molecular weight excluding hydrogens is 240 g/mol. The third-order valence-corrected chi connectivity index (χ3v) is 3.69. The molecule has 0 radical (unpaired) electrons. The topological polar surface area (TPSA) is 64.3 Å². The van der Waals surface area contributed by atoms with E-state index in [1.807, 2.05) is 19.1 Å². The highest BCUT2D eigenvalue weighted by atomic mass is 16.5. The molecule has 4 nitrogen and oxygen atoms in total. The molecule has 0 aliphatic heterocycles. The van der Waals surface area contributed by atoms with Crippen LogP contribution in [-0.2, 0) is 9.53 Å². The van der Waals surface area contributed by atoms with E-state index < -0.39 is 0 Å². The summed E-state index contributed by atoms with van der Waals surface area (Å²) in [6.07, 6.45) is 5.06. The Bertz CT molecular complexity index is 442. The molecule has 1 saturated carbocycles. The lowest BCUT2D eigenvalue weighted by Gasteiger charge is -2.24. The first-order valence-electron chi connectivity index (χ1n) is 6.89. The Hall–Kier alpha value is -1.55. The number of ether oxygens (including phenoxy) is 1. The lowest BCUT2D eigenvalue weighted by molar-refractivity contribution is -0.120. The summed E-state index contributed by atoms with van der Waals surface area (Å²) in [5.41, 5.74) is 8.20. The molecular formula is C15H22N2O2. The summed E-state index contributed by atoms with van der Waals surface area (Å²) in [5.74, 6) is 0.692. The van der Waals surface area contributed by atoms with E-state index in [1.54, 1.807) is 6.07 Å². The maximum absolute atomic E-state index is 11.7. The molecule has 0 aromatic heterocycles. The molecule has 0 bridgehead atoms. The Morgan fingerprint density at radius 2 is 2.26 bits per heavy atom. The smallest absolute Gasteiger partial charge is 0.250 e. The van der Waals surface area contributed by atoms with E-state index in [9.17, 15) is 4.79 Å². The average molecular weight is 262 g/mol. The second-order valence-corrected chi connectivity index (χ2v) is 5.26. The van der Waals surface area contributed by atoms with Gasteiger partial charge in [-0.25, -0.2) is 0 Å². The summed E-state index contributed by atoms with van der Waals surface area (Å²) >= 11 is 0. The fourth-order valence-electron chi connectivity index (χ4n) is 2.11. The highest BCUT2D eigenvalue weighted by Gasteiger charge is 2.16. The van der Waals surface area contributed by atoms with Crippen LogP contribution in [0.25, 0.3) is 0 Å². The van der Waals surface area contributed by atoms with E-state index in [2.05, 4.69) is 5.32 Å². The summed E-state index contributed by atoms with van der Waals surface area (Å²) in [4.78, 5) is 11.7. The van der Waals surface area contributed by atoms with Crippen molar-refractivity contribution >= 4 is 17.3 Å². The molecule has 1 aliphatic rings. The number of nitrogens with two attached hydrogens (primary N) is 1. The van der Waals surface area contributed by atoms with Gasteiger partial charge in [0, 0.05) is 18.0 Å². The number of hydrogen-bond acceptors (Lipinski definition) is 3. The van der Waals surface area contributed by atoms with Gasteiger partial charge in [-0.15, -0.1) is 0 Å². The van der Waals surface area contributed by atoms with E-state index in [0.29, 0.717) is 12.3 Å². The summed E-state index contributed by atoms with van der Waals surface area (Å²) in [6, 6.07) is 5.50. The second kappa shape index (κ2) is 6.57. The van der Waals surface area contributed by atoms with E-state index >= 15 is 0 Å². The highest BCUT2D eigenvalue weighted by molar-refractivity contribution is 5.92. The molecule has 1 aromatic rings. The van der Waals surface area contributed by atoms with Crippen LogP contribution in [0.3, 0.4) is 0 Å². The molecule has 2 rings (SSSR count). The van der Waals surface area contributed by atoms with Gasteiger partial charge in [0.05, 0.1) is 0 Å². The fourth-order valence-corrected chi connectivity index (χ4v) is 2.11. The van der Waals surface area contributed by atoms with E-state index in [1.165, 1.54) is 19.3 Å². The van der Waals surface area contributed by atoms with E-state index in [0.717, 1.165) is 23.6 Å². The first kappa shape index (κ1) is 13.9. The molecule has 1 aromatic carbocycles. The second-order valence-electron chi connectivity index (χ2n) is 5.26. The number of carbonyl (C=O) groups excluding carboxylic acids is 1. The highest BCUT2D eigenvalue weighted by Crippen LogP contribution is 2.29. The zero-order valence-electron chi connectivity index (χ0n) is 11.4. The molecule has 0 saturated heterocycles. The number of rotatable bonds is 6. The number of carbonyl (C=O) groups is 1. The van der Waals surface area contributed by atoms with Crippen molar-refractivity contribution in [1.29, 1.82) is 0 Å². The summed E-state index contributed by atoms with van der Waals surface area (Å²) < 4.78 is 5.38. The molecule has 19 heavy (non-hydrogen) atoms. The van der Waals surface area contributed by atoms with Crippen LogP contribution in [-0.4, -0.2) is 19.1 Å². The number of nitrogen functional groups attached to an aromatic ring is 1. The molecule has 0 atom stereocenters. The normalized spacial score (nSPS) is 15.0. The van der Waals surface area contributed by atoms with Crippen molar-refractivity contribution in [1.82, 2.24) is 0 Å². The summed E-state index contributed by atoms with van der Waals surface area (Å²) in [7, 11) is 0. The monoisotopic (exact) mass is 262 g/mol. The lowest BCUT2D eigenvalue weighted by atomic mass is 9.83. The van der Waals surface area contributed by atoms with E-state index in [-0.39, 0.29) is 12.5 Å². The van der Waals surface area contributed by atoms with Gasteiger partial charge >= 0.3 is 0 Å². The van der Waals surface area contributed by atoms with Crippen LogP contribution in [0.1, 0.15) is 31.2 Å². The van der Waals surface area contributed by atoms with Crippen LogP contribution in [0.4, 0.5) is 11.4 Å². The van der Waals surface area contributed by atoms with Crippen molar-refractivity contribution in [2.45, 2.75) is 32.6 Å². The van der Waals surface area contributed by atoms with Gasteiger partial charge < -0.3 is 15.8 Å². The van der Waals surface area contributed by atoms with Gasteiger partial charge in [-0.3, -0.25) is 4.79 Å². The first-order chi connectivity index (χ1) is 9.15.